The quantitative estimate of drug-likeness (QED) is 0.835. The SMILES string of the molecule is CC1NCCCC1CCC(=O)c1ccc(C(C)(C)C)cc1. The van der Waals surface area contributed by atoms with Gasteiger partial charge in [-0.15, -0.1) is 0 Å². The molecule has 2 unspecified atom stereocenters. The van der Waals surface area contributed by atoms with Crippen LogP contribution in [-0.2, 0) is 5.41 Å². The van der Waals surface area contributed by atoms with E-state index < -0.39 is 0 Å². The summed E-state index contributed by atoms with van der Waals surface area (Å²) in [6.07, 6.45) is 4.17. The molecule has 1 aliphatic rings. The standard InChI is InChI=1S/C19H29NO/c1-14-15(6-5-13-20-14)9-12-18(21)16-7-10-17(11-8-16)19(2,3)4/h7-8,10-11,14-15,20H,5-6,9,12-13H2,1-4H3. The van der Waals surface area contributed by atoms with Crippen LogP contribution >= 0.6 is 0 Å². The summed E-state index contributed by atoms with van der Waals surface area (Å²) < 4.78 is 0. The first-order valence-electron chi connectivity index (χ1n) is 8.25. The van der Waals surface area contributed by atoms with Crippen molar-refractivity contribution >= 4 is 5.78 Å². The summed E-state index contributed by atoms with van der Waals surface area (Å²) in [7, 11) is 0. The van der Waals surface area contributed by atoms with Crippen molar-refractivity contribution in [1.29, 1.82) is 0 Å². The topological polar surface area (TPSA) is 29.1 Å². The van der Waals surface area contributed by atoms with Crippen molar-refractivity contribution < 1.29 is 4.79 Å². The molecule has 1 fully saturated rings. The molecule has 1 aromatic carbocycles. The van der Waals surface area contributed by atoms with Crippen LogP contribution in [0.4, 0.5) is 0 Å². The molecule has 1 aliphatic heterocycles. The zero-order chi connectivity index (χ0) is 15.5. The van der Waals surface area contributed by atoms with Crippen LogP contribution in [0.3, 0.4) is 0 Å². The summed E-state index contributed by atoms with van der Waals surface area (Å²) >= 11 is 0. The Morgan fingerprint density at radius 3 is 2.48 bits per heavy atom. The van der Waals surface area contributed by atoms with Gasteiger partial charge in [0.2, 0.25) is 0 Å². The smallest absolute Gasteiger partial charge is 0.162 e. The summed E-state index contributed by atoms with van der Waals surface area (Å²) in [5.41, 5.74) is 2.29. The van der Waals surface area contributed by atoms with Crippen LogP contribution in [0, 0.1) is 5.92 Å². The molecule has 1 heterocycles. The van der Waals surface area contributed by atoms with Crippen molar-refractivity contribution in [2.45, 2.75) is 64.8 Å². The highest BCUT2D eigenvalue weighted by atomic mass is 16.1. The molecule has 0 aliphatic carbocycles. The molecule has 2 heteroatoms. The minimum Gasteiger partial charge on any atom is -0.314 e. The molecule has 2 rings (SSSR count). The molecule has 0 bridgehead atoms. The van der Waals surface area contributed by atoms with Gasteiger partial charge in [0.1, 0.15) is 0 Å². The Morgan fingerprint density at radius 1 is 1.24 bits per heavy atom. The van der Waals surface area contributed by atoms with E-state index in [0.717, 1.165) is 18.5 Å². The van der Waals surface area contributed by atoms with Gasteiger partial charge in [-0.25, -0.2) is 0 Å². The fourth-order valence-electron chi connectivity index (χ4n) is 3.12. The number of benzene rings is 1. The van der Waals surface area contributed by atoms with E-state index in [4.69, 9.17) is 0 Å². The second-order valence-corrected chi connectivity index (χ2v) is 7.43. The maximum absolute atomic E-state index is 12.3. The second kappa shape index (κ2) is 6.74. The molecule has 1 saturated heterocycles. The van der Waals surface area contributed by atoms with Gasteiger partial charge in [0.05, 0.1) is 0 Å². The van der Waals surface area contributed by atoms with Gasteiger partial charge in [-0.05, 0) is 49.6 Å². The minimum absolute atomic E-state index is 0.144. The molecule has 116 valence electrons. The number of hydrogen-bond donors (Lipinski definition) is 1. The van der Waals surface area contributed by atoms with E-state index in [0.29, 0.717) is 18.4 Å². The lowest BCUT2D eigenvalue weighted by atomic mass is 9.85. The highest BCUT2D eigenvalue weighted by molar-refractivity contribution is 5.96. The molecule has 0 aromatic heterocycles. The number of nitrogens with one attached hydrogen (secondary N) is 1. The van der Waals surface area contributed by atoms with Crippen molar-refractivity contribution in [3.8, 4) is 0 Å². The van der Waals surface area contributed by atoms with Crippen molar-refractivity contribution in [2.24, 2.45) is 5.92 Å². The highest BCUT2D eigenvalue weighted by Crippen LogP contribution is 2.24. The third-order valence-corrected chi connectivity index (χ3v) is 4.74. The maximum Gasteiger partial charge on any atom is 0.162 e. The molecule has 2 atom stereocenters. The second-order valence-electron chi connectivity index (χ2n) is 7.43. The van der Waals surface area contributed by atoms with Crippen LogP contribution in [0.1, 0.15) is 69.3 Å². The average molecular weight is 287 g/mol. The molecule has 2 nitrogen and oxygen atoms in total. The van der Waals surface area contributed by atoms with Gasteiger partial charge in [0, 0.05) is 18.0 Å². The lowest BCUT2D eigenvalue weighted by molar-refractivity contribution is 0.0967. The molecule has 0 spiro atoms. The normalized spacial score (nSPS) is 23.0. The zero-order valence-corrected chi connectivity index (χ0v) is 13.9. The number of ketones is 1. The Kier molecular flexibility index (Phi) is 5.21. The lowest BCUT2D eigenvalue weighted by Gasteiger charge is -2.29. The monoisotopic (exact) mass is 287 g/mol. The lowest BCUT2D eigenvalue weighted by Crippen LogP contribution is -2.39. The van der Waals surface area contributed by atoms with E-state index in [1.54, 1.807) is 0 Å². The van der Waals surface area contributed by atoms with E-state index >= 15 is 0 Å². The van der Waals surface area contributed by atoms with E-state index in [2.05, 4.69) is 45.1 Å². The van der Waals surface area contributed by atoms with Crippen LogP contribution in [-0.4, -0.2) is 18.4 Å². The predicted octanol–water partition coefficient (Wildman–Crippen LogP) is 4.34. The zero-order valence-electron chi connectivity index (χ0n) is 13.9. The first-order chi connectivity index (χ1) is 9.88. The first-order valence-corrected chi connectivity index (χ1v) is 8.25. The maximum atomic E-state index is 12.3. The number of carbonyl (C=O) groups excluding carboxylic acids is 1. The summed E-state index contributed by atoms with van der Waals surface area (Å²) in [5.74, 6) is 0.935. The molecule has 21 heavy (non-hydrogen) atoms. The van der Waals surface area contributed by atoms with E-state index in [9.17, 15) is 4.79 Å². The number of carbonyl (C=O) groups is 1. The number of Topliss-reactive ketones (excluding diaryl/α,β-unsaturated/α-hetero) is 1. The van der Waals surface area contributed by atoms with E-state index in [-0.39, 0.29) is 11.2 Å². The number of hydrogen-bond acceptors (Lipinski definition) is 2. The van der Waals surface area contributed by atoms with Crippen LogP contribution in [0.5, 0.6) is 0 Å². The fourth-order valence-corrected chi connectivity index (χ4v) is 3.12. The molecule has 0 radical (unpaired) electrons. The van der Waals surface area contributed by atoms with Crippen LogP contribution in [0.15, 0.2) is 24.3 Å². The molecule has 0 amide bonds. The third-order valence-electron chi connectivity index (χ3n) is 4.74. The van der Waals surface area contributed by atoms with Gasteiger partial charge in [-0.1, -0.05) is 45.0 Å². The van der Waals surface area contributed by atoms with Crippen molar-refractivity contribution in [1.82, 2.24) is 5.32 Å². The molecular formula is C19H29NO. The van der Waals surface area contributed by atoms with Crippen molar-refractivity contribution in [3.63, 3.8) is 0 Å². The fraction of sp³-hybridized carbons (Fsp3) is 0.632. The van der Waals surface area contributed by atoms with Crippen LogP contribution < -0.4 is 5.32 Å². The first kappa shape index (κ1) is 16.2. The minimum atomic E-state index is 0.144. The Labute approximate surface area is 129 Å². The Balaban J connectivity index is 1.91. The van der Waals surface area contributed by atoms with E-state index in [1.807, 2.05) is 12.1 Å². The van der Waals surface area contributed by atoms with Crippen molar-refractivity contribution in [2.75, 3.05) is 6.54 Å². The predicted molar refractivity (Wildman–Crippen MR) is 88.9 cm³/mol. The van der Waals surface area contributed by atoms with Gasteiger partial charge in [0.15, 0.2) is 5.78 Å². The van der Waals surface area contributed by atoms with E-state index in [1.165, 1.54) is 18.4 Å². The summed E-state index contributed by atoms with van der Waals surface area (Å²) in [6.45, 7) is 9.95. The number of rotatable bonds is 4. The van der Waals surface area contributed by atoms with Gasteiger partial charge in [-0.3, -0.25) is 4.79 Å². The highest BCUT2D eigenvalue weighted by Gasteiger charge is 2.21. The van der Waals surface area contributed by atoms with Gasteiger partial charge in [0.25, 0.3) is 0 Å². The largest absolute Gasteiger partial charge is 0.314 e. The van der Waals surface area contributed by atoms with Gasteiger partial charge in [-0.2, -0.15) is 0 Å². The summed E-state index contributed by atoms with van der Waals surface area (Å²) in [6, 6.07) is 8.72. The molecule has 0 saturated carbocycles. The summed E-state index contributed by atoms with van der Waals surface area (Å²) in [5, 5.41) is 3.51. The average Bonchev–Trinajstić information content (AvgIpc) is 2.45. The number of piperidine rings is 1. The van der Waals surface area contributed by atoms with Crippen LogP contribution in [0.25, 0.3) is 0 Å². The molecule has 1 aromatic rings. The van der Waals surface area contributed by atoms with Crippen LogP contribution in [0.2, 0.25) is 0 Å². The third kappa shape index (κ3) is 4.41. The van der Waals surface area contributed by atoms with Gasteiger partial charge < -0.3 is 5.32 Å². The Morgan fingerprint density at radius 2 is 1.90 bits per heavy atom. The van der Waals surface area contributed by atoms with Gasteiger partial charge >= 0.3 is 0 Å². The molecular weight excluding hydrogens is 258 g/mol. The molecule has 1 N–H and O–H groups in total. The summed E-state index contributed by atoms with van der Waals surface area (Å²) in [4.78, 5) is 12.3. The Hall–Kier alpha value is -1.15. The van der Waals surface area contributed by atoms with Crippen molar-refractivity contribution in [3.05, 3.63) is 35.4 Å². The Bertz CT molecular complexity index is 469.